The summed E-state index contributed by atoms with van der Waals surface area (Å²) >= 11 is 13.5. The summed E-state index contributed by atoms with van der Waals surface area (Å²) < 4.78 is 48.6. The molecule has 158 valence electrons. The number of ether oxygens (including phenoxy) is 2. The molecule has 0 aliphatic rings. The Hall–Kier alpha value is -0.660. The summed E-state index contributed by atoms with van der Waals surface area (Å²) in [4.78, 5) is 17.8. The molecule has 1 aromatic heterocycles. The van der Waals surface area contributed by atoms with Crippen molar-refractivity contribution in [1.29, 1.82) is 0 Å². The summed E-state index contributed by atoms with van der Waals surface area (Å²) in [6.45, 7) is 0.608. The van der Waals surface area contributed by atoms with Crippen molar-refractivity contribution < 1.29 is 32.2 Å². The molecule has 0 spiro atoms. The minimum Gasteiger partial charge on any atom is -0.487 e. The molecule has 0 aliphatic carbocycles. The van der Waals surface area contributed by atoms with Gasteiger partial charge in [0.05, 0.1) is 9.72 Å². The number of nitrogens with one attached hydrogen (secondary N) is 1. The third-order valence-electron chi connectivity index (χ3n) is 3.20. The highest BCUT2D eigenvalue weighted by molar-refractivity contribution is 7.92. The number of halogens is 2. The molecular formula is C13H18Cl2N3O7PS2. The highest BCUT2D eigenvalue weighted by Gasteiger charge is 2.27. The molecule has 2 rings (SSSR count). The highest BCUT2D eigenvalue weighted by atomic mass is 35.5. The van der Waals surface area contributed by atoms with Gasteiger partial charge >= 0.3 is 7.60 Å². The number of sulfonamides is 1. The molecule has 1 heterocycles. The van der Waals surface area contributed by atoms with E-state index >= 15 is 0 Å². The number of fused-ring (bicyclic) bond motifs is 1. The zero-order chi connectivity index (χ0) is 21.1. The zero-order valence-electron chi connectivity index (χ0n) is 14.2. The van der Waals surface area contributed by atoms with Gasteiger partial charge in [0.15, 0.2) is 11.5 Å². The fourth-order valence-corrected chi connectivity index (χ4v) is 6.24. The SMILES string of the molecule is NCCOc1c(OCCN)c(Cl)c2sc(S(=O)(=O)NCP(=O)(O)O)cc2c1Cl. The van der Waals surface area contributed by atoms with Gasteiger partial charge in [0.25, 0.3) is 10.0 Å². The average Bonchev–Trinajstić information content (AvgIpc) is 3.07. The molecule has 0 radical (unpaired) electrons. The van der Waals surface area contributed by atoms with Crippen molar-refractivity contribution in [3.05, 3.63) is 16.1 Å². The maximum Gasteiger partial charge on any atom is 0.340 e. The van der Waals surface area contributed by atoms with E-state index < -0.39 is 23.9 Å². The first-order valence-corrected chi connectivity index (χ1v) is 12.5. The Kier molecular flexibility index (Phi) is 7.96. The van der Waals surface area contributed by atoms with Crippen molar-refractivity contribution in [2.24, 2.45) is 11.5 Å². The second kappa shape index (κ2) is 9.43. The summed E-state index contributed by atoms with van der Waals surface area (Å²) in [5, 5.41) is 0.411. The molecule has 28 heavy (non-hydrogen) atoms. The van der Waals surface area contributed by atoms with Crippen LogP contribution in [0.1, 0.15) is 0 Å². The molecule has 0 fully saturated rings. The van der Waals surface area contributed by atoms with E-state index in [0.717, 1.165) is 11.3 Å². The first-order chi connectivity index (χ1) is 13.0. The van der Waals surface area contributed by atoms with Gasteiger partial charge in [-0.3, -0.25) is 4.57 Å². The van der Waals surface area contributed by atoms with E-state index in [2.05, 4.69) is 0 Å². The Morgan fingerprint density at radius 1 is 1.11 bits per heavy atom. The average molecular weight is 494 g/mol. The summed E-state index contributed by atoms with van der Waals surface area (Å²) in [6.07, 6.45) is -1.04. The monoisotopic (exact) mass is 493 g/mol. The van der Waals surface area contributed by atoms with Crippen LogP contribution < -0.4 is 25.7 Å². The quantitative estimate of drug-likeness (QED) is 0.305. The lowest BCUT2D eigenvalue weighted by Gasteiger charge is -2.16. The third kappa shape index (κ3) is 5.48. The van der Waals surface area contributed by atoms with E-state index in [4.69, 9.17) is 53.9 Å². The van der Waals surface area contributed by atoms with Crippen LogP contribution >= 0.6 is 42.1 Å². The minimum absolute atomic E-state index is 0.0626. The molecule has 0 aliphatic heterocycles. The van der Waals surface area contributed by atoms with Crippen molar-refractivity contribution >= 4 is 62.2 Å². The number of hydrogen-bond donors (Lipinski definition) is 5. The van der Waals surface area contributed by atoms with Crippen LogP contribution in [-0.2, 0) is 14.6 Å². The van der Waals surface area contributed by atoms with E-state index in [1.165, 1.54) is 6.07 Å². The van der Waals surface area contributed by atoms with Gasteiger partial charge in [-0.25, -0.2) is 8.42 Å². The van der Waals surface area contributed by atoms with E-state index in [-0.39, 0.29) is 57.4 Å². The molecule has 0 saturated heterocycles. The first-order valence-electron chi connectivity index (χ1n) is 7.66. The van der Waals surface area contributed by atoms with Crippen molar-refractivity contribution in [2.45, 2.75) is 4.21 Å². The molecule has 0 amide bonds. The fraction of sp³-hybridized carbons (Fsp3) is 0.385. The van der Waals surface area contributed by atoms with Gasteiger partial charge in [-0.1, -0.05) is 23.2 Å². The molecule has 0 unspecified atom stereocenters. The van der Waals surface area contributed by atoms with Crippen molar-refractivity contribution in [3.8, 4) is 11.5 Å². The van der Waals surface area contributed by atoms with Crippen LogP contribution in [0.3, 0.4) is 0 Å². The summed E-state index contributed by atoms with van der Waals surface area (Å²) in [7, 11) is -8.79. The van der Waals surface area contributed by atoms with Crippen LogP contribution in [0.2, 0.25) is 10.0 Å². The van der Waals surface area contributed by atoms with E-state index in [1.807, 2.05) is 4.72 Å². The summed E-state index contributed by atoms with van der Waals surface area (Å²) in [5.74, 6) is 0.204. The van der Waals surface area contributed by atoms with Gasteiger partial charge in [-0.2, -0.15) is 4.72 Å². The molecule has 7 N–H and O–H groups in total. The standard InChI is InChI=1S/C13H18Cl2N3O7PS2/c14-9-7-5-8(28(22,23)18-6-26(19,20)21)27-13(7)10(15)12(25-4-2-17)11(9)24-3-1-16/h5,18H,1-4,6,16-17H2,(H2,19,20,21). The second-order valence-electron chi connectivity index (χ2n) is 5.34. The molecule has 15 heteroatoms. The number of benzene rings is 1. The van der Waals surface area contributed by atoms with Gasteiger partial charge in [-0.05, 0) is 6.07 Å². The predicted molar refractivity (Wildman–Crippen MR) is 108 cm³/mol. The maximum atomic E-state index is 12.4. The van der Waals surface area contributed by atoms with E-state index in [0.29, 0.717) is 4.70 Å². The highest BCUT2D eigenvalue weighted by Crippen LogP contribution is 2.50. The lowest BCUT2D eigenvalue weighted by molar-refractivity contribution is 0.279. The van der Waals surface area contributed by atoms with Gasteiger partial charge in [0, 0.05) is 18.5 Å². The fourth-order valence-electron chi connectivity index (χ4n) is 2.07. The van der Waals surface area contributed by atoms with Crippen LogP contribution in [0, 0.1) is 0 Å². The smallest absolute Gasteiger partial charge is 0.340 e. The predicted octanol–water partition coefficient (Wildman–Crippen LogP) is 1.30. The molecule has 2 aromatic rings. The molecule has 10 nitrogen and oxygen atoms in total. The number of rotatable bonds is 10. The second-order valence-corrected chi connectivity index (χ2v) is 10.8. The number of thiophene rings is 1. The van der Waals surface area contributed by atoms with Gasteiger partial charge in [-0.15, -0.1) is 11.3 Å². The van der Waals surface area contributed by atoms with Crippen LogP contribution in [0.4, 0.5) is 0 Å². The number of nitrogens with two attached hydrogens (primary N) is 2. The van der Waals surface area contributed by atoms with E-state index in [1.54, 1.807) is 0 Å². The maximum absolute atomic E-state index is 12.4. The van der Waals surface area contributed by atoms with Crippen LogP contribution in [0.5, 0.6) is 11.5 Å². The molecule has 0 saturated carbocycles. The molecular weight excluding hydrogens is 476 g/mol. The lowest BCUT2D eigenvalue weighted by atomic mass is 10.2. The molecule has 0 bridgehead atoms. The lowest BCUT2D eigenvalue weighted by Crippen LogP contribution is -2.23. The normalized spacial score (nSPS) is 12.5. The first kappa shape index (κ1) is 23.6. The molecule has 1 aromatic carbocycles. The summed E-state index contributed by atoms with van der Waals surface area (Å²) in [5.41, 5.74) is 10.9. The van der Waals surface area contributed by atoms with Gasteiger partial charge < -0.3 is 30.7 Å². The largest absolute Gasteiger partial charge is 0.487 e. The summed E-state index contributed by atoms with van der Waals surface area (Å²) in [6, 6.07) is 1.23. The Bertz CT molecular complexity index is 958. The van der Waals surface area contributed by atoms with Crippen LogP contribution in [-0.4, -0.2) is 50.8 Å². The van der Waals surface area contributed by atoms with Crippen molar-refractivity contribution in [1.82, 2.24) is 4.72 Å². The minimum atomic E-state index is -4.58. The Labute approximate surface area is 174 Å². The zero-order valence-corrected chi connectivity index (χ0v) is 18.3. The number of hydrogen-bond acceptors (Lipinski definition) is 8. The Morgan fingerprint density at radius 2 is 1.64 bits per heavy atom. The third-order valence-corrected chi connectivity index (χ3v) is 7.86. The van der Waals surface area contributed by atoms with Gasteiger partial charge in [0.2, 0.25) is 0 Å². The van der Waals surface area contributed by atoms with Crippen molar-refractivity contribution in [3.63, 3.8) is 0 Å². The van der Waals surface area contributed by atoms with E-state index in [9.17, 15) is 13.0 Å². The van der Waals surface area contributed by atoms with Gasteiger partial charge in [0.1, 0.15) is 28.7 Å². The van der Waals surface area contributed by atoms with Crippen LogP contribution in [0.25, 0.3) is 10.1 Å². The van der Waals surface area contributed by atoms with Crippen molar-refractivity contribution in [2.75, 3.05) is 32.6 Å². The molecule has 0 atom stereocenters. The Balaban J connectivity index is 2.58. The van der Waals surface area contributed by atoms with Crippen LogP contribution in [0.15, 0.2) is 10.3 Å². The Morgan fingerprint density at radius 3 is 2.14 bits per heavy atom. The topological polar surface area (TPSA) is 174 Å².